The van der Waals surface area contributed by atoms with Gasteiger partial charge in [-0.1, -0.05) is 29.8 Å². The lowest BCUT2D eigenvalue weighted by molar-refractivity contribution is 0.409. The zero-order valence-corrected chi connectivity index (χ0v) is 15.9. The molecule has 0 bridgehead atoms. The van der Waals surface area contributed by atoms with Crippen LogP contribution in [0.3, 0.4) is 0 Å². The lowest BCUT2D eigenvalue weighted by atomic mass is 9.97. The van der Waals surface area contributed by atoms with Crippen LogP contribution in [0.5, 0.6) is 0 Å². The quantitative estimate of drug-likeness (QED) is 0.800. The normalized spacial score (nSPS) is 16.8. The molecule has 0 radical (unpaired) electrons. The number of anilines is 2. The minimum Gasteiger partial charge on any atom is -0.423 e. The van der Waals surface area contributed by atoms with Gasteiger partial charge in [-0.15, -0.1) is 10.2 Å². The predicted octanol–water partition coefficient (Wildman–Crippen LogP) is 4.19. The van der Waals surface area contributed by atoms with Crippen LogP contribution in [-0.2, 0) is 6.54 Å². The molecule has 1 aromatic carbocycles. The van der Waals surface area contributed by atoms with Crippen molar-refractivity contribution in [3.63, 3.8) is 0 Å². The summed E-state index contributed by atoms with van der Waals surface area (Å²) in [6.45, 7) is 10.1. The van der Waals surface area contributed by atoms with E-state index in [1.54, 1.807) is 0 Å². The fourth-order valence-corrected chi connectivity index (χ4v) is 3.23. The molecule has 0 unspecified atom stereocenters. The first-order chi connectivity index (χ1) is 10.8. The molecule has 5 nitrogen and oxygen atoms in total. The molecule has 23 heavy (non-hydrogen) atoms. The van der Waals surface area contributed by atoms with E-state index in [0.29, 0.717) is 18.3 Å². The molecule has 0 spiro atoms. The Labute approximate surface area is 145 Å². The number of hydrogen-bond donors (Lipinski definition) is 0. The van der Waals surface area contributed by atoms with E-state index in [1.807, 2.05) is 0 Å². The zero-order valence-electron chi connectivity index (χ0n) is 14.3. The van der Waals surface area contributed by atoms with Crippen molar-refractivity contribution in [1.29, 1.82) is 0 Å². The number of halogens is 1. The van der Waals surface area contributed by atoms with Crippen molar-refractivity contribution in [2.75, 3.05) is 23.4 Å². The van der Waals surface area contributed by atoms with Crippen LogP contribution < -0.4 is 9.80 Å². The summed E-state index contributed by atoms with van der Waals surface area (Å²) in [5, 5.41) is 8.35. The van der Waals surface area contributed by atoms with Crippen LogP contribution in [0.2, 0.25) is 0 Å². The first-order valence-electron chi connectivity index (χ1n) is 7.88. The summed E-state index contributed by atoms with van der Waals surface area (Å²) in [5.74, 6) is 1.62. The number of likely N-dealkylation sites (N-methyl/N-ethyl adjacent to an activating group) is 1. The molecule has 1 aromatic heterocycles. The number of benzene rings is 1. The maximum absolute atomic E-state index is 5.79. The van der Waals surface area contributed by atoms with Gasteiger partial charge in [0.15, 0.2) is 0 Å². The molecule has 0 aliphatic carbocycles. The van der Waals surface area contributed by atoms with Crippen LogP contribution in [0.25, 0.3) is 0 Å². The molecule has 0 saturated heterocycles. The first-order valence-corrected chi connectivity index (χ1v) is 8.68. The molecule has 0 saturated carbocycles. The highest BCUT2D eigenvalue weighted by Crippen LogP contribution is 2.40. The van der Waals surface area contributed by atoms with Crippen molar-refractivity contribution in [3.05, 3.63) is 34.5 Å². The summed E-state index contributed by atoms with van der Waals surface area (Å²) in [4.78, 5) is 4.65. The number of hydrogen-bond acceptors (Lipinski definition) is 5. The second-order valence-electron chi connectivity index (χ2n) is 7.05. The second kappa shape index (κ2) is 5.82. The minimum absolute atomic E-state index is 0.0225. The Balaban J connectivity index is 1.94. The van der Waals surface area contributed by atoms with Gasteiger partial charge < -0.3 is 14.2 Å². The van der Waals surface area contributed by atoms with Gasteiger partial charge in [-0.3, -0.25) is 0 Å². The van der Waals surface area contributed by atoms with E-state index in [2.05, 4.69) is 88.9 Å². The lowest BCUT2D eigenvalue weighted by Gasteiger charge is -2.48. The van der Waals surface area contributed by atoms with Gasteiger partial charge in [0.2, 0.25) is 11.8 Å². The summed E-state index contributed by atoms with van der Waals surface area (Å²) in [6, 6.07) is 6.38. The minimum atomic E-state index is 0.0225. The molecular weight excluding hydrogens is 356 g/mol. The van der Waals surface area contributed by atoms with Crippen molar-refractivity contribution in [3.8, 4) is 0 Å². The van der Waals surface area contributed by atoms with Crippen molar-refractivity contribution in [2.24, 2.45) is 0 Å². The maximum atomic E-state index is 5.79. The molecule has 0 fully saturated rings. The third-order valence-electron chi connectivity index (χ3n) is 4.43. The number of rotatable bonds is 3. The van der Waals surface area contributed by atoms with E-state index in [0.717, 1.165) is 11.0 Å². The van der Waals surface area contributed by atoms with Crippen LogP contribution in [0.1, 0.15) is 45.4 Å². The van der Waals surface area contributed by atoms with Crippen LogP contribution in [0.4, 0.5) is 11.4 Å². The maximum Gasteiger partial charge on any atom is 0.235 e. The molecule has 6 heteroatoms. The van der Waals surface area contributed by atoms with Crippen molar-refractivity contribution in [1.82, 2.24) is 10.2 Å². The predicted molar refractivity (Wildman–Crippen MR) is 96.1 cm³/mol. The highest BCUT2D eigenvalue weighted by molar-refractivity contribution is 9.10. The Morgan fingerprint density at radius 2 is 2.00 bits per heavy atom. The third-order valence-corrected chi connectivity index (χ3v) is 4.92. The molecule has 3 rings (SSSR count). The van der Waals surface area contributed by atoms with Crippen LogP contribution in [0.15, 0.2) is 27.1 Å². The van der Waals surface area contributed by atoms with Gasteiger partial charge in [0.1, 0.15) is 0 Å². The molecular formula is C17H23BrN4O. The summed E-state index contributed by atoms with van der Waals surface area (Å²) in [5.41, 5.74) is 2.42. The van der Waals surface area contributed by atoms with E-state index < -0.39 is 0 Å². The van der Waals surface area contributed by atoms with E-state index in [1.165, 1.54) is 11.4 Å². The molecule has 0 N–H and O–H groups in total. The van der Waals surface area contributed by atoms with E-state index in [4.69, 9.17) is 4.42 Å². The van der Waals surface area contributed by atoms with E-state index in [-0.39, 0.29) is 11.5 Å². The molecule has 1 aliphatic heterocycles. The summed E-state index contributed by atoms with van der Waals surface area (Å²) < 4.78 is 6.88. The number of nitrogens with zero attached hydrogens (tertiary/aromatic N) is 4. The summed E-state index contributed by atoms with van der Waals surface area (Å²) in [6.07, 6.45) is 0. The third kappa shape index (κ3) is 3.09. The fraction of sp³-hybridized carbons (Fsp3) is 0.529. The van der Waals surface area contributed by atoms with Crippen molar-refractivity contribution >= 4 is 27.3 Å². The largest absolute Gasteiger partial charge is 0.423 e. The standard InChI is InChI=1S/C17H23BrN4O/c1-11(2)16-20-19-15(23-16)9-22-10-17(3,4)21(5)14-8-12(18)6-7-13(14)22/h6-8,11H,9-10H2,1-5H3. The monoisotopic (exact) mass is 378 g/mol. The topological polar surface area (TPSA) is 45.4 Å². The van der Waals surface area contributed by atoms with Crippen molar-refractivity contribution < 1.29 is 4.42 Å². The van der Waals surface area contributed by atoms with Gasteiger partial charge >= 0.3 is 0 Å². The van der Waals surface area contributed by atoms with Crippen LogP contribution in [0, 0.1) is 0 Å². The van der Waals surface area contributed by atoms with Gasteiger partial charge in [-0.2, -0.15) is 0 Å². The fourth-order valence-electron chi connectivity index (χ4n) is 2.89. The first kappa shape index (κ1) is 16.3. The Bertz CT molecular complexity index is 710. The second-order valence-corrected chi connectivity index (χ2v) is 7.96. The van der Waals surface area contributed by atoms with E-state index >= 15 is 0 Å². The van der Waals surface area contributed by atoms with Gasteiger partial charge in [0.05, 0.1) is 23.5 Å². The van der Waals surface area contributed by atoms with Crippen LogP contribution in [-0.4, -0.2) is 29.3 Å². The lowest BCUT2D eigenvalue weighted by Crippen LogP contribution is -2.54. The van der Waals surface area contributed by atoms with Gasteiger partial charge in [0, 0.05) is 24.0 Å². The summed E-state index contributed by atoms with van der Waals surface area (Å²) >= 11 is 3.58. The molecule has 124 valence electrons. The number of fused-ring (bicyclic) bond motifs is 1. The highest BCUT2D eigenvalue weighted by Gasteiger charge is 2.35. The number of aromatic nitrogens is 2. The zero-order chi connectivity index (χ0) is 16.8. The van der Waals surface area contributed by atoms with Gasteiger partial charge in [-0.25, -0.2) is 0 Å². The Morgan fingerprint density at radius 1 is 1.26 bits per heavy atom. The SMILES string of the molecule is CC(C)c1nnc(CN2CC(C)(C)N(C)c3cc(Br)ccc32)o1. The highest BCUT2D eigenvalue weighted by atomic mass is 79.9. The average Bonchev–Trinajstić information content (AvgIpc) is 2.93. The van der Waals surface area contributed by atoms with Gasteiger partial charge in [-0.05, 0) is 32.0 Å². The van der Waals surface area contributed by atoms with Crippen LogP contribution >= 0.6 is 15.9 Å². The van der Waals surface area contributed by atoms with Gasteiger partial charge in [0.25, 0.3) is 0 Å². The van der Waals surface area contributed by atoms with E-state index in [9.17, 15) is 0 Å². The molecule has 0 atom stereocenters. The molecule has 2 aromatic rings. The Morgan fingerprint density at radius 3 is 2.65 bits per heavy atom. The summed E-state index contributed by atoms with van der Waals surface area (Å²) in [7, 11) is 2.15. The molecule has 0 amide bonds. The average molecular weight is 379 g/mol. The van der Waals surface area contributed by atoms with Crippen molar-refractivity contribution in [2.45, 2.75) is 45.7 Å². The Hall–Kier alpha value is -1.56. The molecule has 2 heterocycles. The molecule has 1 aliphatic rings. The Kier molecular flexibility index (Phi) is 4.12. The smallest absolute Gasteiger partial charge is 0.235 e.